The van der Waals surface area contributed by atoms with Gasteiger partial charge in [0.2, 0.25) is 0 Å². The number of nitrogens with zero attached hydrogens (tertiary/aromatic N) is 3. The molecule has 24 heavy (non-hydrogen) atoms. The summed E-state index contributed by atoms with van der Waals surface area (Å²) in [5.41, 5.74) is 2.15. The molecule has 3 N–H and O–H groups in total. The van der Waals surface area contributed by atoms with Gasteiger partial charge in [-0.3, -0.25) is 9.89 Å². The van der Waals surface area contributed by atoms with Crippen molar-refractivity contribution in [2.24, 2.45) is 0 Å². The second-order valence-electron chi connectivity index (χ2n) is 6.20. The van der Waals surface area contributed by atoms with E-state index in [1.54, 1.807) is 12.4 Å². The van der Waals surface area contributed by atoms with Gasteiger partial charge < -0.3 is 15.2 Å². The topological polar surface area (TPSA) is 89.7 Å². The fourth-order valence-corrected chi connectivity index (χ4v) is 3.26. The summed E-state index contributed by atoms with van der Waals surface area (Å²) in [5.74, 6) is 0.517. The molecule has 1 aliphatic rings. The lowest BCUT2D eigenvalue weighted by atomic mass is 10.0. The Balaban J connectivity index is 1.41. The number of hydrogen-bond donors (Lipinski definition) is 3. The number of hydrogen-bond acceptors (Lipinski definition) is 5. The summed E-state index contributed by atoms with van der Waals surface area (Å²) in [6.07, 6.45) is 7.18. The Bertz CT molecular complexity index is 886. The highest BCUT2D eigenvalue weighted by molar-refractivity contribution is 5.78. The Kier molecular flexibility index (Phi) is 4.00. The van der Waals surface area contributed by atoms with Crippen molar-refractivity contribution in [1.29, 1.82) is 0 Å². The minimum atomic E-state index is -0.122. The van der Waals surface area contributed by atoms with Crippen LogP contribution in [0.4, 0.5) is 5.82 Å². The van der Waals surface area contributed by atoms with E-state index >= 15 is 0 Å². The quantitative estimate of drug-likeness (QED) is 0.675. The molecule has 0 aliphatic carbocycles. The van der Waals surface area contributed by atoms with Crippen LogP contribution in [-0.2, 0) is 6.54 Å². The van der Waals surface area contributed by atoms with Crippen molar-refractivity contribution in [3.05, 3.63) is 52.7 Å². The fourth-order valence-electron chi connectivity index (χ4n) is 3.26. The lowest BCUT2D eigenvalue weighted by Crippen LogP contribution is -2.47. The SMILES string of the molecule is O=c1[nH]ccnc1N1CCC[C@H](NCc2ccc3cn[nH]c3c2)C1. The zero-order valence-corrected chi connectivity index (χ0v) is 13.3. The number of aromatic amines is 2. The molecule has 124 valence electrons. The average molecular weight is 324 g/mol. The summed E-state index contributed by atoms with van der Waals surface area (Å²) in [6, 6.07) is 6.67. The first-order chi connectivity index (χ1) is 11.8. The third-order valence-corrected chi connectivity index (χ3v) is 4.51. The predicted molar refractivity (Wildman–Crippen MR) is 93.0 cm³/mol. The van der Waals surface area contributed by atoms with Crippen LogP contribution < -0.4 is 15.8 Å². The molecule has 1 aromatic carbocycles. The molecule has 3 heterocycles. The summed E-state index contributed by atoms with van der Waals surface area (Å²) in [4.78, 5) is 20.9. The van der Waals surface area contributed by atoms with E-state index < -0.39 is 0 Å². The van der Waals surface area contributed by atoms with Gasteiger partial charge in [0.15, 0.2) is 5.82 Å². The van der Waals surface area contributed by atoms with E-state index in [2.05, 4.69) is 48.6 Å². The Hall–Kier alpha value is -2.67. The number of piperidine rings is 1. The van der Waals surface area contributed by atoms with Crippen LogP contribution in [-0.4, -0.2) is 39.3 Å². The van der Waals surface area contributed by atoms with E-state index in [0.29, 0.717) is 11.9 Å². The van der Waals surface area contributed by atoms with Crippen LogP contribution in [0.2, 0.25) is 0 Å². The molecule has 1 saturated heterocycles. The van der Waals surface area contributed by atoms with Crippen LogP contribution >= 0.6 is 0 Å². The first-order valence-electron chi connectivity index (χ1n) is 8.23. The van der Waals surface area contributed by atoms with Crippen LogP contribution in [0.1, 0.15) is 18.4 Å². The smallest absolute Gasteiger partial charge is 0.290 e. The number of anilines is 1. The van der Waals surface area contributed by atoms with Crippen LogP contribution in [0.15, 0.2) is 41.6 Å². The zero-order valence-electron chi connectivity index (χ0n) is 13.3. The average Bonchev–Trinajstić information content (AvgIpc) is 3.08. The third kappa shape index (κ3) is 3.03. The lowest BCUT2D eigenvalue weighted by molar-refractivity contribution is 0.419. The molecule has 0 unspecified atom stereocenters. The molecule has 7 nitrogen and oxygen atoms in total. The molecule has 0 bridgehead atoms. The number of H-pyrrole nitrogens is 2. The first kappa shape index (κ1) is 14.9. The van der Waals surface area contributed by atoms with Gasteiger partial charge >= 0.3 is 0 Å². The molecule has 2 aromatic heterocycles. The van der Waals surface area contributed by atoms with E-state index in [0.717, 1.165) is 43.4 Å². The molecule has 1 fully saturated rings. The number of aromatic nitrogens is 4. The third-order valence-electron chi connectivity index (χ3n) is 4.51. The maximum Gasteiger partial charge on any atom is 0.290 e. The van der Waals surface area contributed by atoms with Crippen molar-refractivity contribution >= 4 is 16.7 Å². The highest BCUT2D eigenvalue weighted by atomic mass is 16.1. The zero-order chi connectivity index (χ0) is 16.4. The van der Waals surface area contributed by atoms with Crippen molar-refractivity contribution < 1.29 is 0 Å². The van der Waals surface area contributed by atoms with Gasteiger partial charge in [-0.15, -0.1) is 0 Å². The van der Waals surface area contributed by atoms with E-state index in [1.165, 1.54) is 5.56 Å². The van der Waals surface area contributed by atoms with Gasteiger partial charge in [-0.25, -0.2) is 4.98 Å². The van der Waals surface area contributed by atoms with Crippen molar-refractivity contribution in [3.8, 4) is 0 Å². The van der Waals surface area contributed by atoms with Crippen LogP contribution in [0.3, 0.4) is 0 Å². The van der Waals surface area contributed by atoms with Gasteiger partial charge in [0, 0.05) is 43.5 Å². The van der Waals surface area contributed by atoms with Crippen molar-refractivity contribution in [2.45, 2.75) is 25.4 Å². The fraction of sp³-hybridized carbons (Fsp3) is 0.353. The molecule has 3 aromatic rings. The summed E-state index contributed by atoms with van der Waals surface area (Å²) in [6.45, 7) is 2.47. The minimum absolute atomic E-state index is 0.122. The van der Waals surface area contributed by atoms with E-state index in [4.69, 9.17) is 0 Å². The van der Waals surface area contributed by atoms with Gasteiger partial charge in [-0.1, -0.05) is 12.1 Å². The number of rotatable bonds is 4. The lowest BCUT2D eigenvalue weighted by Gasteiger charge is -2.33. The van der Waals surface area contributed by atoms with Gasteiger partial charge in [-0.2, -0.15) is 5.10 Å². The standard InChI is InChI=1S/C17H20N6O/c24-17-16(18-5-6-19-17)23-7-1-2-14(11-23)20-9-12-3-4-13-10-21-22-15(13)8-12/h3-6,8,10,14,20H,1-2,7,9,11H2,(H,19,24)(H,21,22)/t14-/m0/s1. The van der Waals surface area contributed by atoms with Gasteiger partial charge in [0.25, 0.3) is 5.56 Å². The van der Waals surface area contributed by atoms with Gasteiger partial charge in [0.05, 0.1) is 11.7 Å². The minimum Gasteiger partial charge on any atom is -0.350 e. The normalized spacial score (nSPS) is 18.2. The Morgan fingerprint density at radius 3 is 3.25 bits per heavy atom. The van der Waals surface area contributed by atoms with Crippen molar-refractivity contribution in [2.75, 3.05) is 18.0 Å². The molecule has 0 spiro atoms. The molecule has 1 atom stereocenters. The van der Waals surface area contributed by atoms with E-state index in [-0.39, 0.29) is 5.56 Å². The molecule has 0 saturated carbocycles. The molecule has 0 radical (unpaired) electrons. The van der Waals surface area contributed by atoms with Crippen LogP contribution in [0.5, 0.6) is 0 Å². The van der Waals surface area contributed by atoms with Crippen LogP contribution in [0.25, 0.3) is 10.9 Å². The summed E-state index contributed by atoms with van der Waals surface area (Å²) < 4.78 is 0. The number of benzene rings is 1. The van der Waals surface area contributed by atoms with Crippen molar-refractivity contribution in [1.82, 2.24) is 25.5 Å². The second kappa shape index (κ2) is 6.45. The highest BCUT2D eigenvalue weighted by Gasteiger charge is 2.22. The second-order valence-corrected chi connectivity index (χ2v) is 6.20. The number of fused-ring (bicyclic) bond motifs is 1. The largest absolute Gasteiger partial charge is 0.350 e. The van der Waals surface area contributed by atoms with E-state index in [1.807, 2.05) is 6.20 Å². The molecule has 7 heteroatoms. The summed E-state index contributed by atoms with van der Waals surface area (Å²) in [7, 11) is 0. The van der Waals surface area contributed by atoms with Gasteiger partial charge in [0.1, 0.15) is 0 Å². The summed E-state index contributed by atoms with van der Waals surface area (Å²) >= 11 is 0. The molecule has 4 rings (SSSR count). The molecular weight excluding hydrogens is 304 g/mol. The molecule has 0 amide bonds. The van der Waals surface area contributed by atoms with Crippen LogP contribution in [0, 0.1) is 0 Å². The van der Waals surface area contributed by atoms with E-state index in [9.17, 15) is 4.79 Å². The highest BCUT2D eigenvalue weighted by Crippen LogP contribution is 2.16. The summed E-state index contributed by atoms with van der Waals surface area (Å²) in [5, 5.41) is 11.8. The maximum absolute atomic E-state index is 11.9. The predicted octanol–water partition coefficient (Wildman–Crippen LogP) is 1.40. The molecule has 1 aliphatic heterocycles. The number of nitrogens with one attached hydrogen (secondary N) is 3. The monoisotopic (exact) mass is 324 g/mol. The van der Waals surface area contributed by atoms with Crippen molar-refractivity contribution in [3.63, 3.8) is 0 Å². The molecular formula is C17H20N6O. The van der Waals surface area contributed by atoms with Gasteiger partial charge in [-0.05, 0) is 24.5 Å². The first-order valence-corrected chi connectivity index (χ1v) is 8.23. The Morgan fingerprint density at radius 2 is 2.33 bits per heavy atom. The maximum atomic E-state index is 11.9. The Morgan fingerprint density at radius 1 is 1.38 bits per heavy atom. The Labute approximate surface area is 139 Å².